The van der Waals surface area contributed by atoms with Gasteiger partial charge in [0.05, 0.1) is 14.2 Å². The fourth-order valence-corrected chi connectivity index (χ4v) is 2.06. The molecule has 8 heteroatoms. The average molecular weight is 280 g/mol. The van der Waals surface area contributed by atoms with E-state index in [-0.39, 0.29) is 0 Å². The summed E-state index contributed by atoms with van der Waals surface area (Å²) in [5, 5.41) is 12.0. The number of aromatic nitrogens is 4. The number of thioether (sulfide) groups is 1. The molecule has 0 aliphatic heterocycles. The largest absolute Gasteiger partial charge is 0.494 e. The third-order valence-corrected chi connectivity index (χ3v) is 3.08. The lowest BCUT2D eigenvalue weighted by Gasteiger charge is -2.12. The van der Waals surface area contributed by atoms with Gasteiger partial charge in [0.1, 0.15) is 11.3 Å². The molecule has 1 aromatic carbocycles. The highest BCUT2D eigenvalue weighted by Crippen LogP contribution is 2.29. The van der Waals surface area contributed by atoms with Gasteiger partial charge in [-0.25, -0.2) is 4.79 Å². The SMILES string of the molecule is COC(=O)c1cccc(-n2nnnc2SC)c1OC. The summed E-state index contributed by atoms with van der Waals surface area (Å²) in [6.45, 7) is 0. The van der Waals surface area contributed by atoms with E-state index in [1.54, 1.807) is 18.2 Å². The van der Waals surface area contributed by atoms with Crippen molar-refractivity contribution in [3.8, 4) is 11.4 Å². The standard InChI is InChI=1S/C11H12N4O3S/c1-17-9-7(10(16)18-2)5-4-6-8(9)15-11(19-3)12-13-14-15/h4-6H,1-3H3. The lowest BCUT2D eigenvalue weighted by molar-refractivity contribution is 0.0597. The first-order valence-electron chi connectivity index (χ1n) is 5.31. The molecule has 0 spiro atoms. The maximum Gasteiger partial charge on any atom is 0.341 e. The first kappa shape index (κ1) is 13.3. The van der Waals surface area contributed by atoms with Crippen molar-refractivity contribution in [2.24, 2.45) is 0 Å². The zero-order valence-electron chi connectivity index (χ0n) is 10.7. The molecule has 0 saturated carbocycles. The number of benzene rings is 1. The highest BCUT2D eigenvalue weighted by atomic mass is 32.2. The molecule has 0 bridgehead atoms. The highest BCUT2D eigenvalue weighted by molar-refractivity contribution is 7.98. The second-order valence-corrected chi connectivity index (χ2v) is 4.20. The van der Waals surface area contributed by atoms with Gasteiger partial charge in [0.25, 0.3) is 0 Å². The van der Waals surface area contributed by atoms with E-state index in [0.717, 1.165) is 0 Å². The number of esters is 1. The molecule has 0 aliphatic carbocycles. The van der Waals surface area contributed by atoms with E-state index in [1.165, 1.54) is 30.7 Å². The zero-order valence-corrected chi connectivity index (χ0v) is 11.5. The molecule has 7 nitrogen and oxygen atoms in total. The maximum absolute atomic E-state index is 11.7. The molecule has 0 radical (unpaired) electrons. The monoisotopic (exact) mass is 280 g/mol. The van der Waals surface area contributed by atoms with Gasteiger partial charge in [-0.3, -0.25) is 0 Å². The van der Waals surface area contributed by atoms with Gasteiger partial charge in [-0.05, 0) is 28.8 Å². The number of para-hydroxylation sites is 1. The average Bonchev–Trinajstić information content (AvgIpc) is 2.93. The molecule has 0 unspecified atom stereocenters. The summed E-state index contributed by atoms with van der Waals surface area (Å²) in [5.41, 5.74) is 0.907. The smallest absolute Gasteiger partial charge is 0.341 e. The van der Waals surface area contributed by atoms with Gasteiger partial charge in [-0.2, -0.15) is 4.68 Å². The van der Waals surface area contributed by atoms with Gasteiger partial charge in [-0.15, -0.1) is 5.10 Å². The molecule has 2 aromatic rings. The Kier molecular flexibility index (Phi) is 4.00. The van der Waals surface area contributed by atoms with Crippen LogP contribution in [-0.4, -0.2) is 46.7 Å². The van der Waals surface area contributed by atoms with Crippen LogP contribution in [0.2, 0.25) is 0 Å². The van der Waals surface area contributed by atoms with Crippen LogP contribution < -0.4 is 4.74 Å². The summed E-state index contributed by atoms with van der Waals surface area (Å²) in [6, 6.07) is 5.11. The van der Waals surface area contributed by atoms with Crippen LogP contribution in [-0.2, 0) is 4.74 Å². The van der Waals surface area contributed by atoms with Gasteiger partial charge in [0.2, 0.25) is 5.16 Å². The maximum atomic E-state index is 11.7. The number of rotatable bonds is 4. The summed E-state index contributed by atoms with van der Waals surface area (Å²) >= 11 is 1.39. The molecule has 0 fully saturated rings. The van der Waals surface area contributed by atoms with E-state index in [1.807, 2.05) is 6.26 Å². The first-order valence-corrected chi connectivity index (χ1v) is 6.53. The van der Waals surface area contributed by atoms with E-state index in [4.69, 9.17) is 9.47 Å². The Labute approximate surface area is 113 Å². The van der Waals surface area contributed by atoms with Crippen molar-refractivity contribution in [3.05, 3.63) is 23.8 Å². The van der Waals surface area contributed by atoms with E-state index >= 15 is 0 Å². The van der Waals surface area contributed by atoms with Crippen molar-refractivity contribution in [2.75, 3.05) is 20.5 Å². The van der Waals surface area contributed by atoms with Crippen molar-refractivity contribution in [3.63, 3.8) is 0 Å². The van der Waals surface area contributed by atoms with E-state index in [2.05, 4.69) is 15.5 Å². The van der Waals surface area contributed by atoms with Gasteiger partial charge in [0.15, 0.2) is 5.75 Å². The number of ether oxygens (including phenoxy) is 2. The summed E-state index contributed by atoms with van der Waals surface area (Å²) < 4.78 is 11.5. The molecule has 2 rings (SSSR count). The number of tetrazole rings is 1. The lowest BCUT2D eigenvalue weighted by Crippen LogP contribution is -2.08. The lowest BCUT2D eigenvalue weighted by atomic mass is 10.1. The van der Waals surface area contributed by atoms with Crippen LogP contribution in [0.25, 0.3) is 5.69 Å². The predicted octanol–water partition coefficient (Wildman–Crippen LogP) is 1.18. The Morgan fingerprint density at radius 1 is 1.37 bits per heavy atom. The Bertz CT molecular complexity index is 599. The van der Waals surface area contributed by atoms with Gasteiger partial charge >= 0.3 is 5.97 Å². The molecule has 100 valence electrons. The Morgan fingerprint density at radius 3 is 2.79 bits per heavy atom. The van der Waals surface area contributed by atoms with Crippen LogP contribution in [0.4, 0.5) is 0 Å². The van der Waals surface area contributed by atoms with E-state index < -0.39 is 5.97 Å². The quantitative estimate of drug-likeness (QED) is 0.614. The number of carbonyl (C=O) groups excluding carboxylic acids is 1. The second-order valence-electron chi connectivity index (χ2n) is 3.43. The van der Waals surface area contributed by atoms with E-state index in [0.29, 0.717) is 22.2 Å². The Balaban J connectivity index is 2.61. The minimum atomic E-state index is -0.475. The van der Waals surface area contributed by atoms with Crippen LogP contribution >= 0.6 is 11.8 Å². The van der Waals surface area contributed by atoms with Crippen LogP contribution in [0, 0.1) is 0 Å². The molecule has 0 saturated heterocycles. The normalized spacial score (nSPS) is 10.3. The molecular weight excluding hydrogens is 268 g/mol. The summed E-state index contributed by atoms with van der Waals surface area (Å²) in [5.74, 6) is -0.102. The summed E-state index contributed by atoms with van der Waals surface area (Å²) in [6.07, 6.45) is 1.86. The topological polar surface area (TPSA) is 79.1 Å². The first-order chi connectivity index (χ1) is 9.22. The molecule has 0 aliphatic rings. The highest BCUT2D eigenvalue weighted by Gasteiger charge is 2.19. The van der Waals surface area contributed by atoms with Crippen LogP contribution in [0.1, 0.15) is 10.4 Å². The summed E-state index contributed by atoms with van der Waals surface area (Å²) in [4.78, 5) is 11.7. The number of hydrogen-bond donors (Lipinski definition) is 0. The molecular formula is C11H12N4O3S. The third kappa shape index (κ3) is 2.39. The Morgan fingerprint density at radius 2 is 2.16 bits per heavy atom. The number of methoxy groups -OCH3 is 2. The van der Waals surface area contributed by atoms with Crippen molar-refractivity contribution in [1.29, 1.82) is 0 Å². The number of nitrogens with zero attached hydrogens (tertiary/aromatic N) is 4. The molecule has 0 amide bonds. The minimum absolute atomic E-state index is 0.324. The molecule has 0 N–H and O–H groups in total. The fourth-order valence-electron chi connectivity index (χ4n) is 1.63. The van der Waals surface area contributed by atoms with Crippen LogP contribution in [0.3, 0.4) is 0 Å². The number of carbonyl (C=O) groups is 1. The summed E-state index contributed by atoms with van der Waals surface area (Å²) in [7, 11) is 2.80. The van der Waals surface area contributed by atoms with E-state index in [9.17, 15) is 4.79 Å². The zero-order chi connectivity index (χ0) is 13.8. The molecule has 0 atom stereocenters. The minimum Gasteiger partial charge on any atom is -0.494 e. The van der Waals surface area contributed by atoms with Gasteiger partial charge in [0, 0.05) is 0 Å². The van der Waals surface area contributed by atoms with Crippen LogP contribution in [0.5, 0.6) is 5.75 Å². The third-order valence-electron chi connectivity index (χ3n) is 2.46. The van der Waals surface area contributed by atoms with Crippen LogP contribution in [0.15, 0.2) is 23.4 Å². The molecule has 19 heavy (non-hydrogen) atoms. The predicted molar refractivity (Wildman–Crippen MR) is 68.8 cm³/mol. The van der Waals surface area contributed by atoms with Crippen molar-refractivity contribution in [2.45, 2.75) is 5.16 Å². The molecule has 1 aromatic heterocycles. The van der Waals surface area contributed by atoms with Crippen molar-refractivity contribution >= 4 is 17.7 Å². The van der Waals surface area contributed by atoms with Gasteiger partial charge in [-0.1, -0.05) is 17.8 Å². The number of hydrogen-bond acceptors (Lipinski definition) is 7. The molecule has 1 heterocycles. The Hall–Kier alpha value is -2.09. The van der Waals surface area contributed by atoms with Crippen molar-refractivity contribution in [1.82, 2.24) is 20.2 Å². The fraction of sp³-hybridized carbons (Fsp3) is 0.273. The second kappa shape index (κ2) is 5.70. The van der Waals surface area contributed by atoms with Crippen molar-refractivity contribution < 1.29 is 14.3 Å². The van der Waals surface area contributed by atoms with Gasteiger partial charge < -0.3 is 9.47 Å².